The van der Waals surface area contributed by atoms with Gasteiger partial charge in [0.25, 0.3) is 0 Å². The number of rotatable bonds is 4. The average molecular weight is 260 g/mol. The van der Waals surface area contributed by atoms with Gasteiger partial charge in [-0.1, -0.05) is 18.2 Å². The summed E-state index contributed by atoms with van der Waals surface area (Å²) in [4.78, 5) is 11.1. The van der Waals surface area contributed by atoms with E-state index in [0.717, 1.165) is 0 Å². The maximum absolute atomic E-state index is 13.4. The van der Waals surface area contributed by atoms with Gasteiger partial charge in [-0.25, -0.2) is 9.18 Å². The molecule has 0 aliphatic heterocycles. The minimum absolute atomic E-state index is 0.102. The van der Waals surface area contributed by atoms with Crippen LogP contribution in [-0.4, -0.2) is 11.1 Å². The number of hydrogen-bond donors (Lipinski definition) is 3. The summed E-state index contributed by atoms with van der Waals surface area (Å²) in [5, 5.41) is 11.9. The maximum atomic E-state index is 13.4. The van der Waals surface area contributed by atoms with Crippen LogP contribution in [0.25, 0.3) is 0 Å². The molecule has 0 bridgehead atoms. The summed E-state index contributed by atoms with van der Waals surface area (Å²) in [7, 11) is 0. The van der Waals surface area contributed by atoms with Gasteiger partial charge in [0.1, 0.15) is 5.82 Å². The summed E-state index contributed by atoms with van der Waals surface area (Å²) in [5.74, 6) is -1.40. The molecule has 0 saturated carbocycles. The minimum Gasteiger partial charge on any atom is -0.478 e. The second-order valence-corrected chi connectivity index (χ2v) is 4.06. The van der Waals surface area contributed by atoms with E-state index in [2.05, 4.69) is 5.32 Å². The van der Waals surface area contributed by atoms with Crippen molar-refractivity contribution in [1.29, 1.82) is 0 Å². The number of carbonyl (C=O) groups is 1. The van der Waals surface area contributed by atoms with Crippen LogP contribution in [0.1, 0.15) is 15.9 Å². The Morgan fingerprint density at radius 2 is 2.00 bits per heavy atom. The molecule has 0 radical (unpaired) electrons. The second kappa shape index (κ2) is 5.39. The Hall–Kier alpha value is -2.56. The maximum Gasteiger partial charge on any atom is 0.337 e. The zero-order chi connectivity index (χ0) is 13.8. The van der Waals surface area contributed by atoms with E-state index in [1.807, 2.05) is 0 Å². The number of nitrogens with one attached hydrogen (secondary N) is 1. The van der Waals surface area contributed by atoms with Gasteiger partial charge in [0.15, 0.2) is 0 Å². The smallest absolute Gasteiger partial charge is 0.337 e. The molecule has 0 atom stereocenters. The number of halogens is 1. The van der Waals surface area contributed by atoms with Crippen molar-refractivity contribution in [3.05, 3.63) is 59.4 Å². The zero-order valence-corrected chi connectivity index (χ0v) is 10.1. The van der Waals surface area contributed by atoms with E-state index in [0.29, 0.717) is 16.9 Å². The first-order chi connectivity index (χ1) is 9.08. The molecule has 4 nitrogen and oxygen atoms in total. The lowest BCUT2D eigenvalue weighted by atomic mass is 10.1. The highest BCUT2D eigenvalue weighted by atomic mass is 19.1. The normalized spacial score (nSPS) is 10.2. The molecule has 2 aromatic carbocycles. The standard InChI is InChI=1S/C14H13FN2O2/c15-12-4-2-1-3-9(12)8-17-13-7-10(16)5-6-11(13)14(18)19/h1-7,17H,8,16H2,(H,18,19). The van der Waals surface area contributed by atoms with Crippen molar-refractivity contribution in [2.45, 2.75) is 6.54 Å². The Morgan fingerprint density at radius 1 is 1.26 bits per heavy atom. The highest BCUT2D eigenvalue weighted by Gasteiger charge is 2.10. The van der Waals surface area contributed by atoms with Gasteiger partial charge in [0.2, 0.25) is 0 Å². The molecule has 0 spiro atoms. The van der Waals surface area contributed by atoms with Crippen LogP contribution in [0.15, 0.2) is 42.5 Å². The molecule has 0 unspecified atom stereocenters. The molecular formula is C14H13FN2O2. The molecule has 98 valence electrons. The Balaban J connectivity index is 2.22. The molecule has 4 N–H and O–H groups in total. The molecule has 5 heteroatoms. The largest absolute Gasteiger partial charge is 0.478 e. The molecule has 19 heavy (non-hydrogen) atoms. The lowest BCUT2D eigenvalue weighted by molar-refractivity contribution is 0.0698. The zero-order valence-electron chi connectivity index (χ0n) is 10.1. The number of benzene rings is 2. The lowest BCUT2D eigenvalue weighted by Gasteiger charge is -2.11. The second-order valence-electron chi connectivity index (χ2n) is 4.06. The summed E-state index contributed by atoms with van der Waals surface area (Å²) in [6.07, 6.45) is 0. The number of nitrogens with two attached hydrogens (primary N) is 1. The predicted molar refractivity (Wildman–Crippen MR) is 71.5 cm³/mol. The van der Waals surface area contributed by atoms with Crippen molar-refractivity contribution in [2.75, 3.05) is 11.1 Å². The fraction of sp³-hybridized carbons (Fsp3) is 0.0714. The number of anilines is 2. The number of hydrogen-bond acceptors (Lipinski definition) is 3. The molecule has 0 saturated heterocycles. The summed E-state index contributed by atoms with van der Waals surface area (Å²) in [6, 6.07) is 10.8. The highest BCUT2D eigenvalue weighted by molar-refractivity contribution is 5.95. The highest BCUT2D eigenvalue weighted by Crippen LogP contribution is 2.20. The lowest BCUT2D eigenvalue weighted by Crippen LogP contribution is -2.08. The van der Waals surface area contributed by atoms with Gasteiger partial charge < -0.3 is 16.2 Å². The topological polar surface area (TPSA) is 75.4 Å². The fourth-order valence-corrected chi connectivity index (χ4v) is 1.73. The molecular weight excluding hydrogens is 247 g/mol. The van der Waals surface area contributed by atoms with E-state index in [4.69, 9.17) is 10.8 Å². The first-order valence-corrected chi connectivity index (χ1v) is 5.68. The molecule has 2 rings (SSSR count). The Morgan fingerprint density at radius 3 is 2.68 bits per heavy atom. The molecule has 0 heterocycles. The van der Waals surface area contributed by atoms with Crippen LogP contribution in [0.3, 0.4) is 0 Å². The Labute approximate surface area is 109 Å². The Kier molecular flexibility index (Phi) is 3.66. The van der Waals surface area contributed by atoms with Crippen LogP contribution in [0.5, 0.6) is 0 Å². The van der Waals surface area contributed by atoms with Gasteiger partial charge >= 0.3 is 5.97 Å². The van der Waals surface area contributed by atoms with Crippen LogP contribution in [0, 0.1) is 5.82 Å². The summed E-state index contributed by atoms with van der Waals surface area (Å²) < 4.78 is 13.4. The molecule has 0 aliphatic rings. The van der Waals surface area contributed by atoms with Crippen LogP contribution in [0.4, 0.5) is 15.8 Å². The molecule has 0 aromatic heterocycles. The van der Waals surface area contributed by atoms with Gasteiger partial charge in [0.05, 0.1) is 11.3 Å². The summed E-state index contributed by atoms with van der Waals surface area (Å²) >= 11 is 0. The quantitative estimate of drug-likeness (QED) is 0.739. The minimum atomic E-state index is -1.06. The first-order valence-electron chi connectivity index (χ1n) is 5.68. The number of nitrogen functional groups attached to an aromatic ring is 1. The van der Waals surface area contributed by atoms with Gasteiger partial charge in [-0.05, 0) is 24.3 Å². The molecule has 0 fully saturated rings. The summed E-state index contributed by atoms with van der Waals surface area (Å²) in [5.41, 5.74) is 7.00. The van der Waals surface area contributed by atoms with Crippen molar-refractivity contribution in [2.24, 2.45) is 0 Å². The fourth-order valence-electron chi connectivity index (χ4n) is 1.73. The molecule has 2 aromatic rings. The van der Waals surface area contributed by atoms with Crippen LogP contribution < -0.4 is 11.1 Å². The molecule has 0 aliphatic carbocycles. The molecule has 0 amide bonds. The van der Waals surface area contributed by atoms with Gasteiger partial charge in [0, 0.05) is 17.8 Å². The van der Waals surface area contributed by atoms with Crippen molar-refractivity contribution >= 4 is 17.3 Å². The van der Waals surface area contributed by atoms with Crippen LogP contribution >= 0.6 is 0 Å². The van der Waals surface area contributed by atoms with E-state index in [1.54, 1.807) is 18.2 Å². The van der Waals surface area contributed by atoms with Gasteiger partial charge in [-0.15, -0.1) is 0 Å². The Bertz CT molecular complexity index is 614. The van der Waals surface area contributed by atoms with Crippen molar-refractivity contribution in [1.82, 2.24) is 0 Å². The van der Waals surface area contributed by atoms with E-state index < -0.39 is 5.97 Å². The van der Waals surface area contributed by atoms with Gasteiger partial charge in [-0.2, -0.15) is 0 Å². The third-order valence-corrected chi connectivity index (χ3v) is 2.70. The number of carboxylic acids is 1. The first kappa shape index (κ1) is 12.9. The number of carboxylic acid groups (broad SMARTS) is 1. The van der Waals surface area contributed by atoms with Crippen molar-refractivity contribution in [3.8, 4) is 0 Å². The third-order valence-electron chi connectivity index (χ3n) is 2.70. The SMILES string of the molecule is Nc1ccc(C(=O)O)c(NCc2ccccc2F)c1. The summed E-state index contributed by atoms with van der Waals surface area (Å²) in [6.45, 7) is 0.191. The van der Waals surface area contributed by atoms with E-state index in [1.165, 1.54) is 24.3 Å². The van der Waals surface area contributed by atoms with Crippen molar-refractivity contribution < 1.29 is 14.3 Å². The van der Waals surface area contributed by atoms with Crippen molar-refractivity contribution in [3.63, 3.8) is 0 Å². The van der Waals surface area contributed by atoms with Crippen LogP contribution in [-0.2, 0) is 6.54 Å². The average Bonchev–Trinajstić information content (AvgIpc) is 2.37. The number of aromatic carboxylic acids is 1. The van der Waals surface area contributed by atoms with E-state index in [-0.39, 0.29) is 17.9 Å². The van der Waals surface area contributed by atoms with E-state index in [9.17, 15) is 9.18 Å². The van der Waals surface area contributed by atoms with E-state index >= 15 is 0 Å². The monoisotopic (exact) mass is 260 g/mol. The van der Waals surface area contributed by atoms with Gasteiger partial charge in [-0.3, -0.25) is 0 Å². The third kappa shape index (κ3) is 3.01. The predicted octanol–water partition coefficient (Wildman–Crippen LogP) is 2.72. The van der Waals surface area contributed by atoms with Crippen LogP contribution in [0.2, 0.25) is 0 Å².